The van der Waals surface area contributed by atoms with Gasteiger partial charge in [0.2, 0.25) is 11.8 Å². The first-order chi connectivity index (χ1) is 14.4. The van der Waals surface area contributed by atoms with Crippen LogP contribution in [-0.4, -0.2) is 11.8 Å². The Morgan fingerprint density at radius 2 is 1.47 bits per heavy atom. The summed E-state index contributed by atoms with van der Waals surface area (Å²) in [6.07, 6.45) is 0. The minimum Gasteiger partial charge on any atom is -0.274 e. The highest BCUT2D eigenvalue weighted by atomic mass is 79.9. The Morgan fingerprint density at radius 3 is 2.07 bits per heavy atom. The molecule has 2 bridgehead atoms. The molecule has 3 aromatic rings. The smallest absolute Gasteiger partial charge is 0.239 e. The van der Waals surface area contributed by atoms with Gasteiger partial charge in [0.1, 0.15) is 0 Å². The lowest BCUT2D eigenvalue weighted by Gasteiger charge is -2.51. The number of alkyl halides is 1. The number of rotatable bonds is 1. The van der Waals surface area contributed by atoms with Crippen molar-refractivity contribution in [2.45, 2.75) is 17.2 Å². The van der Waals surface area contributed by atoms with Crippen molar-refractivity contribution in [2.24, 2.45) is 11.8 Å². The molecule has 0 spiro atoms. The van der Waals surface area contributed by atoms with Gasteiger partial charge in [-0.2, -0.15) is 0 Å². The highest BCUT2D eigenvalue weighted by molar-refractivity contribution is 9.10. The topological polar surface area (TPSA) is 37.4 Å². The molecule has 0 N–H and O–H groups in total. The molecule has 1 fully saturated rings. The lowest BCUT2D eigenvalue weighted by Crippen LogP contribution is -2.50. The van der Waals surface area contributed by atoms with Crippen molar-refractivity contribution in [1.29, 1.82) is 0 Å². The van der Waals surface area contributed by atoms with Crippen molar-refractivity contribution in [3.05, 3.63) is 99.0 Å². The summed E-state index contributed by atoms with van der Waals surface area (Å²) in [5, 5.41) is 0. The maximum absolute atomic E-state index is 13.8. The number of amides is 2. The first-order valence-electron chi connectivity index (χ1n) is 9.96. The first-order valence-corrected chi connectivity index (χ1v) is 11.5. The van der Waals surface area contributed by atoms with Crippen LogP contribution in [0.5, 0.6) is 0 Å². The highest BCUT2D eigenvalue weighted by Crippen LogP contribution is 2.66. The minimum absolute atomic E-state index is 0.112. The molecule has 0 unspecified atom stereocenters. The van der Waals surface area contributed by atoms with Crippen molar-refractivity contribution in [3.8, 4) is 0 Å². The summed E-state index contributed by atoms with van der Waals surface area (Å²) in [6.45, 7) is 1.99. The number of benzene rings is 3. The minimum atomic E-state index is -0.705. The molecule has 0 saturated carbocycles. The first kappa shape index (κ1) is 18.5. The van der Waals surface area contributed by atoms with Gasteiger partial charge in [-0.25, -0.2) is 4.90 Å². The van der Waals surface area contributed by atoms with E-state index in [9.17, 15) is 9.59 Å². The van der Waals surface area contributed by atoms with E-state index in [-0.39, 0.29) is 17.7 Å². The fourth-order valence-corrected chi connectivity index (χ4v) is 7.22. The van der Waals surface area contributed by atoms with Gasteiger partial charge in [-0.3, -0.25) is 9.59 Å². The molecule has 1 saturated heterocycles. The quantitative estimate of drug-likeness (QED) is 0.305. The fraction of sp³-hybridized carbons (Fsp3) is 0.200. The van der Waals surface area contributed by atoms with Gasteiger partial charge < -0.3 is 0 Å². The van der Waals surface area contributed by atoms with Crippen molar-refractivity contribution in [1.82, 2.24) is 0 Å². The largest absolute Gasteiger partial charge is 0.274 e. The van der Waals surface area contributed by atoms with E-state index in [0.717, 1.165) is 32.3 Å². The Kier molecular flexibility index (Phi) is 3.79. The molecule has 0 radical (unpaired) electrons. The van der Waals surface area contributed by atoms with E-state index < -0.39 is 16.2 Å². The number of hydrogen-bond donors (Lipinski definition) is 0. The van der Waals surface area contributed by atoms with E-state index in [1.807, 2.05) is 49.4 Å². The average Bonchev–Trinajstić information content (AvgIpc) is 3.02. The molecule has 7 rings (SSSR count). The molecular formula is C25H17Br2NO2. The van der Waals surface area contributed by atoms with Gasteiger partial charge in [-0.05, 0) is 46.9 Å². The molecule has 1 aliphatic heterocycles. The number of halogens is 2. The lowest BCUT2D eigenvalue weighted by atomic mass is 9.55. The van der Waals surface area contributed by atoms with Crippen molar-refractivity contribution < 1.29 is 9.59 Å². The second kappa shape index (κ2) is 6.14. The maximum Gasteiger partial charge on any atom is 0.239 e. The molecule has 3 nitrogen and oxygen atoms in total. The van der Waals surface area contributed by atoms with Crippen LogP contribution in [0.4, 0.5) is 5.69 Å². The number of carbonyl (C=O) groups excluding carboxylic acids is 2. The summed E-state index contributed by atoms with van der Waals surface area (Å²) in [5.74, 6) is -1.25. The van der Waals surface area contributed by atoms with E-state index in [0.29, 0.717) is 5.69 Å². The van der Waals surface area contributed by atoms with Crippen molar-refractivity contribution in [2.75, 3.05) is 4.90 Å². The molecule has 4 aliphatic rings. The van der Waals surface area contributed by atoms with Crippen LogP contribution in [0.1, 0.15) is 33.7 Å². The summed E-state index contributed by atoms with van der Waals surface area (Å²) in [5.41, 5.74) is 6.17. The monoisotopic (exact) mass is 521 g/mol. The molecule has 1 heterocycles. The number of carbonyl (C=O) groups is 2. The van der Waals surface area contributed by atoms with Crippen molar-refractivity contribution >= 4 is 49.4 Å². The summed E-state index contributed by atoms with van der Waals surface area (Å²) < 4.78 is 0.182. The highest BCUT2D eigenvalue weighted by Gasteiger charge is 2.67. The van der Waals surface area contributed by atoms with Gasteiger partial charge in [0, 0.05) is 10.4 Å². The zero-order chi connectivity index (χ0) is 20.8. The van der Waals surface area contributed by atoms with Crippen LogP contribution in [0.3, 0.4) is 0 Å². The molecule has 3 aromatic carbocycles. The third-order valence-corrected chi connectivity index (χ3v) is 9.13. The summed E-state index contributed by atoms with van der Waals surface area (Å²) in [6, 6.07) is 22.1. The summed E-state index contributed by atoms with van der Waals surface area (Å²) >= 11 is 7.57. The average molecular weight is 523 g/mol. The van der Waals surface area contributed by atoms with Gasteiger partial charge in [0.15, 0.2) is 0 Å². The number of aryl methyl sites for hydroxylation is 1. The van der Waals surface area contributed by atoms with Crippen LogP contribution in [-0.2, 0) is 13.9 Å². The fourth-order valence-electron chi connectivity index (χ4n) is 5.65. The van der Waals surface area contributed by atoms with Gasteiger partial charge in [-0.15, -0.1) is 0 Å². The van der Waals surface area contributed by atoms with Crippen LogP contribution >= 0.6 is 31.9 Å². The maximum atomic E-state index is 13.8. The number of hydrogen-bond acceptors (Lipinski definition) is 2. The summed E-state index contributed by atoms with van der Waals surface area (Å²) in [4.78, 5) is 29.0. The van der Waals surface area contributed by atoms with Crippen LogP contribution in [0.25, 0.3) is 0 Å². The Labute approximate surface area is 191 Å². The number of anilines is 1. The van der Waals surface area contributed by atoms with E-state index in [1.165, 1.54) is 4.90 Å². The molecule has 2 atom stereocenters. The Bertz CT molecular complexity index is 1220. The predicted octanol–water partition coefficient (Wildman–Crippen LogP) is 5.66. The zero-order valence-corrected chi connectivity index (χ0v) is 19.3. The van der Waals surface area contributed by atoms with Crippen LogP contribution in [0, 0.1) is 18.8 Å². The predicted molar refractivity (Wildman–Crippen MR) is 123 cm³/mol. The third-order valence-electron chi connectivity index (χ3n) is 6.93. The molecular weight excluding hydrogens is 506 g/mol. The van der Waals surface area contributed by atoms with E-state index in [2.05, 4.69) is 56.1 Å². The normalized spacial score (nSPS) is 28.4. The molecule has 30 heavy (non-hydrogen) atoms. The zero-order valence-electron chi connectivity index (χ0n) is 16.1. The van der Waals surface area contributed by atoms with Crippen molar-refractivity contribution in [3.63, 3.8) is 0 Å². The number of imide groups is 1. The van der Waals surface area contributed by atoms with Crippen LogP contribution in [0.15, 0.2) is 71.2 Å². The summed E-state index contributed by atoms with van der Waals surface area (Å²) in [7, 11) is 0. The van der Waals surface area contributed by atoms with Crippen LogP contribution in [0.2, 0.25) is 0 Å². The molecule has 5 heteroatoms. The van der Waals surface area contributed by atoms with Crippen LogP contribution < -0.4 is 4.90 Å². The standard InChI is InChI=1S/C25H17Br2NO2/c1-13-10-11-14(12-19(13)26)28-23(29)21-20-15-6-2-4-8-17(15)25(27,22(21)24(28)30)18-9-5-3-7-16(18)20/h2-12,20-22H,1H3/t20?,21-,22+,25?/m1/s1. The second-order valence-electron chi connectivity index (χ2n) is 8.31. The van der Waals surface area contributed by atoms with Gasteiger partial charge in [0.05, 0.1) is 21.8 Å². The van der Waals surface area contributed by atoms with E-state index >= 15 is 0 Å². The van der Waals surface area contributed by atoms with E-state index in [4.69, 9.17) is 0 Å². The Morgan fingerprint density at radius 1 is 0.867 bits per heavy atom. The van der Waals surface area contributed by atoms with Gasteiger partial charge in [-0.1, -0.05) is 86.5 Å². The van der Waals surface area contributed by atoms with E-state index in [1.54, 1.807) is 0 Å². The second-order valence-corrected chi connectivity index (χ2v) is 10.4. The number of nitrogens with zero attached hydrogens (tertiary/aromatic N) is 1. The lowest BCUT2D eigenvalue weighted by molar-refractivity contribution is -0.122. The SMILES string of the molecule is Cc1ccc(N2C(=O)[C@@H]3C4c5ccccc5C(Br)(c5ccccc54)[C@@H]3C2=O)cc1Br. The Balaban J connectivity index is 1.60. The molecule has 148 valence electrons. The molecule has 2 amide bonds. The molecule has 0 aromatic heterocycles. The Hall–Kier alpha value is -2.24. The van der Waals surface area contributed by atoms with Gasteiger partial charge in [0.25, 0.3) is 0 Å². The third kappa shape index (κ3) is 2.10. The van der Waals surface area contributed by atoms with Gasteiger partial charge >= 0.3 is 0 Å². The molecule has 3 aliphatic carbocycles.